The van der Waals surface area contributed by atoms with Crippen LogP contribution in [0.4, 0.5) is 4.39 Å². The summed E-state index contributed by atoms with van der Waals surface area (Å²) in [5, 5.41) is 3.84. The molecular weight excluding hydrogens is 325 g/mol. The molecule has 1 aliphatic heterocycles. The van der Waals surface area contributed by atoms with E-state index < -0.39 is 0 Å². The Kier molecular flexibility index (Phi) is 5.25. The number of hydrogen-bond acceptors (Lipinski definition) is 3. The summed E-state index contributed by atoms with van der Waals surface area (Å²) in [6, 6.07) is 4.43. The van der Waals surface area contributed by atoms with Crippen LogP contribution in [0.3, 0.4) is 0 Å². The molecule has 0 aromatic heterocycles. The molecule has 1 aromatic carbocycles. The van der Waals surface area contributed by atoms with Crippen molar-refractivity contribution < 1.29 is 9.18 Å². The second-order valence-electron chi connectivity index (χ2n) is 4.89. The van der Waals surface area contributed by atoms with E-state index in [0.29, 0.717) is 5.56 Å². The van der Waals surface area contributed by atoms with Crippen molar-refractivity contribution >= 4 is 28.1 Å². The van der Waals surface area contributed by atoms with Gasteiger partial charge in [-0.05, 0) is 44.6 Å². The van der Waals surface area contributed by atoms with Gasteiger partial charge in [-0.25, -0.2) is 9.82 Å². The first kappa shape index (κ1) is 15.1. The third-order valence-corrected chi connectivity index (χ3v) is 3.90. The maximum absolute atomic E-state index is 13.5. The summed E-state index contributed by atoms with van der Waals surface area (Å²) >= 11 is 3.27. The van der Waals surface area contributed by atoms with Crippen LogP contribution in [-0.4, -0.2) is 36.7 Å². The number of hydrazone groups is 1. The summed E-state index contributed by atoms with van der Waals surface area (Å²) < 4.78 is 14.2. The van der Waals surface area contributed by atoms with Crippen LogP contribution in [0.5, 0.6) is 0 Å². The summed E-state index contributed by atoms with van der Waals surface area (Å²) in [5.41, 5.74) is 2.82. The van der Waals surface area contributed by atoms with E-state index in [4.69, 9.17) is 0 Å². The van der Waals surface area contributed by atoms with Gasteiger partial charge in [0.1, 0.15) is 5.82 Å². The lowest BCUT2D eigenvalue weighted by molar-refractivity contribution is -0.126. The van der Waals surface area contributed by atoms with Crippen molar-refractivity contribution in [2.75, 3.05) is 13.6 Å². The third-order valence-electron chi connectivity index (χ3n) is 3.41. The standard InChI is InChI=1S/C14H17BrFN3O/c1-19-7-3-2-4-13(19)14(20)18-17-9-10-8-11(15)5-6-12(10)16/h5-6,8-9,13H,2-4,7H2,1H3,(H,18,20)/b17-9-/t13-/m0/s1. The predicted molar refractivity (Wildman–Crippen MR) is 80.1 cm³/mol. The first-order valence-corrected chi connectivity index (χ1v) is 7.35. The van der Waals surface area contributed by atoms with Crippen molar-refractivity contribution in [3.05, 3.63) is 34.1 Å². The minimum absolute atomic E-state index is 0.140. The zero-order valence-electron chi connectivity index (χ0n) is 11.3. The van der Waals surface area contributed by atoms with Crippen molar-refractivity contribution in [2.45, 2.75) is 25.3 Å². The number of carbonyl (C=O) groups excluding carboxylic acids is 1. The summed E-state index contributed by atoms with van der Waals surface area (Å²) in [5.74, 6) is -0.514. The van der Waals surface area contributed by atoms with Gasteiger partial charge in [0.25, 0.3) is 5.91 Å². The lowest BCUT2D eigenvalue weighted by atomic mass is 10.0. The molecule has 0 saturated carbocycles. The maximum Gasteiger partial charge on any atom is 0.257 e. The molecule has 1 fully saturated rings. The first-order valence-electron chi connectivity index (χ1n) is 6.56. The molecule has 1 heterocycles. The zero-order chi connectivity index (χ0) is 14.5. The second kappa shape index (κ2) is 6.95. The molecule has 4 nitrogen and oxygen atoms in total. The fraction of sp³-hybridized carbons (Fsp3) is 0.429. The number of piperidine rings is 1. The smallest absolute Gasteiger partial charge is 0.257 e. The van der Waals surface area contributed by atoms with Gasteiger partial charge in [-0.15, -0.1) is 0 Å². The maximum atomic E-state index is 13.5. The molecule has 0 aliphatic carbocycles. The molecule has 0 radical (unpaired) electrons. The Labute approximate surface area is 126 Å². The monoisotopic (exact) mass is 341 g/mol. The molecule has 1 atom stereocenters. The Morgan fingerprint density at radius 3 is 3.10 bits per heavy atom. The van der Waals surface area contributed by atoms with Crippen LogP contribution in [0.2, 0.25) is 0 Å². The van der Waals surface area contributed by atoms with Crippen LogP contribution < -0.4 is 5.43 Å². The van der Waals surface area contributed by atoms with Gasteiger partial charge in [0.15, 0.2) is 0 Å². The normalized spacial score (nSPS) is 20.2. The predicted octanol–water partition coefficient (Wildman–Crippen LogP) is 2.52. The van der Waals surface area contributed by atoms with E-state index in [1.54, 1.807) is 12.1 Å². The Hall–Kier alpha value is -1.27. The lowest BCUT2D eigenvalue weighted by Gasteiger charge is -2.30. The van der Waals surface area contributed by atoms with Crippen molar-refractivity contribution in [1.82, 2.24) is 10.3 Å². The number of carbonyl (C=O) groups is 1. The molecule has 1 N–H and O–H groups in total. The third kappa shape index (κ3) is 3.86. The molecule has 1 aliphatic rings. The van der Waals surface area contributed by atoms with Crippen LogP contribution in [0.15, 0.2) is 27.8 Å². The van der Waals surface area contributed by atoms with E-state index >= 15 is 0 Å². The highest BCUT2D eigenvalue weighted by molar-refractivity contribution is 9.10. The van der Waals surface area contributed by atoms with Crippen LogP contribution >= 0.6 is 15.9 Å². The summed E-state index contributed by atoms with van der Waals surface area (Å²) in [4.78, 5) is 14.0. The molecule has 0 unspecified atom stereocenters. The van der Waals surface area contributed by atoms with E-state index in [9.17, 15) is 9.18 Å². The fourth-order valence-corrected chi connectivity index (χ4v) is 2.64. The number of halogens is 2. The molecule has 1 amide bonds. The highest BCUT2D eigenvalue weighted by Crippen LogP contribution is 2.15. The molecule has 108 valence electrons. The summed E-state index contributed by atoms with van der Waals surface area (Å²) in [7, 11) is 1.93. The minimum atomic E-state index is -0.374. The Morgan fingerprint density at radius 2 is 2.35 bits per heavy atom. The summed E-state index contributed by atoms with van der Waals surface area (Å²) in [6.07, 6.45) is 4.32. The molecule has 1 aromatic rings. The van der Waals surface area contributed by atoms with Crippen LogP contribution in [-0.2, 0) is 4.79 Å². The average Bonchev–Trinajstić information content (AvgIpc) is 2.43. The highest BCUT2D eigenvalue weighted by Gasteiger charge is 2.25. The topological polar surface area (TPSA) is 44.7 Å². The summed E-state index contributed by atoms with van der Waals surface area (Å²) in [6.45, 7) is 0.919. The van der Waals surface area contributed by atoms with Crippen molar-refractivity contribution in [1.29, 1.82) is 0 Å². The minimum Gasteiger partial charge on any atom is -0.295 e. The number of benzene rings is 1. The Morgan fingerprint density at radius 1 is 1.55 bits per heavy atom. The van der Waals surface area contributed by atoms with E-state index in [2.05, 4.69) is 26.5 Å². The first-order chi connectivity index (χ1) is 9.58. The van der Waals surface area contributed by atoms with Gasteiger partial charge >= 0.3 is 0 Å². The SMILES string of the molecule is CN1CCCC[C@H]1C(=O)N/N=C\c1cc(Br)ccc1F. The number of likely N-dealkylation sites (tertiary alicyclic amines) is 1. The van der Waals surface area contributed by atoms with E-state index in [1.165, 1.54) is 12.3 Å². The lowest BCUT2D eigenvalue weighted by Crippen LogP contribution is -2.46. The number of hydrogen-bond donors (Lipinski definition) is 1. The largest absolute Gasteiger partial charge is 0.295 e. The quantitative estimate of drug-likeness (QED) is 0.678. The number of likely N-dealkylation sites (N-methyl/N-ethyl adjacent to an activating group) is 1. The van der Waals surface area contributed by atoms with Gasteiger partial charge in [-0.1, -0.05) is 22.4 Å². The zero-order valence-corrected chi connectivity index (χ0v) is 12.9. The second-order valence-corrected chi connectivity index (χ2v) is 5.81. The van der Waals surface area contributed by atoms with E-state index in [1.807, 2.05) is 11.9 Å². The van der Waals surface area contributed by atoms with Gasteiger partial charge in [0.05, 0.1) is 12.3 Å². The van der Waals surface area contributed by atoms with Crippen molar-refractivity contribution in [3.63, 3.8) is 0 Å². The van der Waals surface area contributed by atoms with Gasteiger partial charge in [0.2, 0.25) is 0 Å². The fourth-order valence-electron chi connectivity index (χ4n) is 2.26. The molecule has 20 heavy (non-hydrogen) atoms. The Balaban J connectivity index is 1.95. The Bertz CT molecular complexity index is 521. The van der Waals surface area contributed by atoms with Crippen molar-refractivity contribution in [3.8, 4) is 0 Å². The van der Waals surface area contributed by atoms with Gasteiger partial charge < -0.3 is 0 Å². The number of nitrogens with zero attached hydrogens (tertiary/aromatic N) is 2. The molecular formula is C14H17BrFN3O. The highest BCUT2D eigenvalue weighted by atomic mass is 79.9. The molecule has 6 heteroatoms. The van der Waals surface area contributed by atoms with E-state index in [0.717, 1.165) is 30.3 Å². The van der Waals surface area contributed by atoms with Crippen molar-refractivity contribution in [2.24, 2.45) is 5.10 Å². The molecule has 0 spiro atoms. The van der Waals surface area contributed by atoms with E-state index in [-0.39, 0.29) is 17.8 Å². The molecule has 1 saturated heterocycles. The van der Waals surface area contributed by atoms with Crippen LogP contribution in [0, 0.1) is 5.82 Å². The molecule has 0 bridgehead atoms. The van der Waals surface area contributed by atoms with Crippen LogP contribution in [0.1, 0.15) is 24.8 Å². The number of nitrogens with one attached hydrogen (secondary N) is 1. The molecule has 2 rings (SSSR count). The van der Waals surface area contributed by atoms with Gasteiger partial charge in [-0.2, -0.15) is 5.10 Å². The number of rotatable bonds is 3. The van der Waals surface area contributed by atoms with Gasteiger partial charge in [-0.3, -0.25) is 9.69 Å². The number of amides is 1. The van der Waals surface area contributed by atoms with Crippen LogP contribution in [0.25, 0.3) is 0 Å². The average molecular weight is 342 g/mol. The van der Waals surface area contributed by atoms with Gasteiger partial charge in [0, 0.05) is 10.0 Å².